The molecule has 1 aromatic heterocycles. The summed E-state index contributed by atoms with van der Waals surface area (Å²) in [5.41, 5.74) is 3.89. The Hall–Kier alpha value is -3.21. The standard InChI is InChI=1S/C21H20N4O/c1-24(18-9-3-2-4-10-18)21(26)19-13-23-20(14-22-19)25-12-11-16-7-5-6-8-17(16)15-25/h2-10,13-14H,11-12,15H2,1H3. The van der Waals surface area contributed by atoms with Gasteiger partial charge in [-0.05, 0) is 29.7 Å². The van der Waals surface area contributed by atoms with Crippen LogP contribution in [0.1, 0.15) is 21.6 Å². The monoisotopic (exact) mass is 344 g/mol. The number of nitrogens with zero attached hydrogens (tertiary/aromatic N) is 4. The summed E-state index contributed by atoms with van der Waals surface area (Å²) < 4.78 is 0. The van der Waals surface area contributed by atoms with Gasteiger partial charge in [-0.15, -0.1) is 0 Å². The molecule has 0 N–H and O–H groups in total. The van der Waals surface area contributed by atoms with Gasteiger partial charge in [0.05, 0.1) is 12.4 Å². The van der Waals surface area contributed by atoms with E-state index in [1.807, 2.05) is 30.3 Å². The minimum absolute atomic E-state index is 0.167. The number of carbonyl (C=O) groups excluding carboxylic acids is 1. The fraction of sp³-hybridized carbons (Fsp3) is 0.190. The van der Waals surface area contributed by atoms with Crippen LogP contribution in [0.25, 0.3) is 0 Å². The Morgan fingerprint density at radius 1 is 0.962 bits per heavy atom. The number of aromatic nitrogens is 2. The van der Waals surface area contributed by atoms with Crippen LogP contribution in [0.15, 0.2) is 67.0 Å². The number of rotatable bonds is 3. The Morgan fingerprint density at radius 2 is 1.69 bits per heavy atom. The summed E-state index contributed by atoms with van der Waals surface area (Å²) in [5, 5.41) is 0. The number of hydrogen-bond donors (Lipinski definition) is 0. The molecule has 0 aliphatic carbocycles. The second-order valence-electron chi connectivity index (χ2n) is 6.40. The Kier molecular flexibility index (Phi) is 4.35. The van der Waals surface area contributed by atoms with E-state index in [2.05, 4.69) is 39.1 Å². The molecule has 1 amide bonds. The summed E-state index contributed by atoms with van der Waals surface area (Å²) in [5.74, 6) is 0.637. The Labute approximate surface area is 152 Å². The van der Waals surface area contributed by atoms with E-state index in [4.69, 9.17) is 0 Å². The van der Waals surface area contributed by atoms with E-state index in [0.717, 1.165) is 31.0 Å². The Bertz CT molecular complexity index is 909. The Morgan fingerprint density at radius 3 is 2.42 bits per heavy atom. The second kappa shape index (κ2) is 6.96. The summed E-state index contributed by atoms with van der Waals surface area (Å²) in [6.07, 6.45) is 4.26. The van der Waals surface area contributed by atoms with Crippen molar-refractivity contribution < 1.29 is 4.79 Å². The molecule has 4 rings (SSSR count). The summed E-state index contributed by atoms with van der Waals surface area (Å²) in [6, 6.07) is 18.0. The van der Waals surface area contributed by atoms with Gasteiger partial charge in [-0.2, -0.15) is 0 Å². The first-order valence-electron chi connectivity index (χ1n) is 8.69. The van der Waals surface area contributed by atoms with Crippen LogP contribution in [0.5, 0.6) is 0 Å². The van der Waals surface area contributed by atoms with E-state index in [9.17, 15) is 4.79 Å². The third-order valence-corrected chi connectivity index (χ3v) is 4.76. The summed E-state index contributed by atoms with van der Waals surface area (Å²) in [7, 11) is 1.74. The van der Waals surface area contributed by atoms with E-state index in [1.54, 1.807) is 24.3 Å². The van der Waals surface area contributed by atoms with E-state index in [0.29, 0.717) is 5.69 Å². The highest BCUT2D eigenvalue weighted by Gasteiger charge is 2.19. The topological polar surface area (TPSA) is 49.3 Å². The number of carbonyl (C=O) groups is 1. The number of hydrogen-bond acceptors (Lipinski definition) is 4. The molecule has 0 radical (unpaired) electrons. The molecule has 130 valence electrons. The Balaban J connectivity index is 1.50. The molecule has 1 aliphatic heterocycles. The average Bonchev–Trinajstić information content (AvgIpc) is 2.73. The van der Waals surface area contributed by atoms with Crippen LogP contribution in [0.4, 0.5) is 11.5 Å². The van der Waals surface area contributed by atoms with Gasteiger partial charge in [0.1, 0.15) is 11.5 Å². The van der Waals surface area contributed by atoms with Gasteiger partial charge in [0.2, 0.25) is 0 Å². The highest BCUT2D eigenvalue weighted by Crippen LogP contribution is 2.22. The molecule has 1 aliphatic rings. The molecule has 0 atom stereocenters. The van der Waals surface area contributed by atoms with Crippen molar-refractivity contribution in [2.75, 3.05) is 23.4 Å². The van der Waals surface area contributed by atoms with Crippen LogP contribution in [-0.4, -0.2) is 29.5 Å². The molecule has 2 aromatic carbocycles. The van der Waals surface area contributed by atoms with Crippen molar-refractivity contribution in [3.8, 4) is 0 Å². The molecule has 0 fully saturated rings. The smallest absolute Gasteiger partial charge is 0.278 e. The number of fused-ring (bicyclic) bond motifs is 1. The maximum Gasteiger partial charge on any atom is 0.278 e. The SMILES string of the molecule is CN(C(=O)c1cnc(N2CCc3ccccc3C2)cn1)c1ccccc1. The zero-order valence-corrected chi connectivity index (χ0v) is 14.7. The largest absolute Gasteiger partial charge is 0.351 e. The van der Waals surface area contributed by atoms with Crippen LogP contribution in [0.2, 0.25) is 0 Å². The van der Waals surface area contributed by atoms with Gasteiger partial charge in [0.15, 0.2) is 0 Å². The van der Waals surface area contributed by atoms with Crippen molar-refractivity contribution in [1.82, 2.24) is 9.97 Å². The number of anilines is 2. The number of benzene rings is 2. The van der Waals surface area contributed by atoms with E-state index in [-0.39, 0.29) is 5.91 Å². The third-order valence-electron chi connectivity index (χ3n) is 4.76. The van der Waals surface area contributed by atoms with Gasteiger partial charge in [0.25, 0.3) is 5.91 Å². The van der Waals surface area contributed by atoms with Crippen molar-refractivity contribution in [3.05, 3.63) is 83.8 Å². The normalized spacial score (nSPS) is 13.2. The van der Waals surface area contributed by atoms with Crippen molar-refractivity contribution in [1.29, 1.82) is 0 Å². The number of para-hydroxylation sites is 1. The van der Waals surface area contributed by atoms with Crippen LogP contribution >= 0.6 is 0 Å². The lowest BCUT2D eigenvalue weighted by Crippen LogP contribution is -2.31. The number of amides is 1. The maximum atomic E-state index is 12.6. The van der Waals surface area contributed by atoms with Crippen molar-refractivity contribution in [2.45, 2.75) is 13.0 Å². The van der Waals surface area contributed by atoms with Crippen LogP contribution in [-0.2, 0) is 13.0 Å². The van der Waals surface area contributed by atoms with Gasteiger partial charge in [-0.1, -0.05) is 42.5 Å². The van der Waals surface area contributed by atoms with Gasteiger partial charge in [-0.3, -0.25) is 4.79 Å². The fourth-order valence-electron chi connectivity index (χ4n) is 3.23. The highest BCUT2D eigenvalue weighted by atomic mass is 16.2. The van der Waals surface area contributed by atoms with E-state index in [1.165, 1.54) is 11.1 Å². The molecule has 0 spiro atoms. The molecule has 0 saturated heterocycles. The van der Waals surface area contributed by atoms with Crippen LogP contribution in [0.3, 0.4) is 0 Å². The zero-order chi connectivity index (χ0) is 17.9. The lowest BCUT2D eigenvalue weighted by atomic mass is 10.0. The summed E-state index contributed by atoms with van der Waals surface area (Å²) in [4.78, 5) is 25.2. The minimum Gasteiger partial charge on any atom is -0.351 e. The van der Waals surface area contributed by atoms with Crippen molar-refractivity contribution in [3.63, 3.8) is 0 Å². The van der Waals surface area contributed by atoms with Gasteiger partial charge >= 0.3 is 0 Å². The van der Waals surface area contributed by atoms with Gasteiger partial charge in [-0.25, -0.2) is 9.97 Å². The molecule has 0 bridgehead atoms. The molecular weight excluding hydrogens is 324 g/mol. The quantitative estimate of drug-likeness (QED) is 0.731. The third kappa shape index (κ3) is 3.16. The lowest BCUT2D eigenvalue weighted by molar-refractivity contribution is 0.0988. The maximum absolute atomic E-state index is 12.6. The second-order valence-corrected chi connectivity index (χ2v) is 6.40. The van der Waals surface area contributed by atoms with Gasteiger partial charge < -0.3 is 9.80 Å². The molecule has 5 heteroatoms. The molecule has 3 aromatic rings. The van der Waals surface area contributed by atoms with E-state index < -0.39 is 0 Å². The summed E-state index contributed by atoms with van der Waals surface area (Å²) >= 11 is 0. The van der Waals surface area contributed by atoms with Crippen molar-refractivity contribution in [2.24, 2.45) is 0 Å². The zero-order valence-electron chi connectivity index (χ0n) is 14.7. The van der Waals surface area contributed by atoms with Crippen molar-refractivity contribution >= 4 is 17.4 Å². The minimum atomic E-state index is -0.167. The summed E-state index contributed by atoms with van der Waals surface area (Å²) in [6.45, 7) is 1.73. The van der Waals surface area contributed by atoms with Crippen LogP contribution < -0.4 is 9.80 Å². The highest BCUT2D eigenvalue weighted by molar-refractivity contribution is 6.04. The predicted octanol–water partition coefficient (Wildman–Crippen LogP) is 3.32. The van der Waals surface area contributed by atoms with Gasteiger partial charge in [0, 0.05) is 25.8 Å². The van der Waals surface area contributed by atoms with E-state index >= 15 is 0 Å². The first-order chi connectivity index (χ1) is 12.7. The predicted molar refractivity (Wildman–Crippen MR) is 102 cm³/mol. The molecule has 5 nitrogen and oxygen atoms in total. The molecule has 26 heavy (non-hydrogen) atoms. The lowest BCUT2D eigenvalue weighted by Gasteiger charge is -2.29. The molecule has 2 heterocycles. The molecular formula is C21H20N4O. The van der Waals surface area contributed by atoms with Crippen LogP contribution in [0, 0.1) is 0 Å². The molecule has 0 saturated carbocycles. The average molecular weight is 344 g/mol. The fourth-order valence-corrected chi connectivity index (χ4v) is 3.23. The first kappa shape index (κ1) is 16.3. The first-order valence-corrected chi connectivity index (χ1v) is 8.69. The molecule has 0 unspecified atom stereocenters.